The average Bonchev–Trinajstić information content (AvgIpc) is 3.04. The molecule has 8 heteroatoms. The van der Waals surface area contributed by atoms with Crippen molar-refractivity contribution in [2.24, 2.45) is 0 Å². The normalized spacial score (nSPS) is 15.5. The Morgan fingerprint density at radius 2 is 1.73 bits per heavy atom. The van der Waals surface area contributed by atoms with E-state index in [1.807, 2.05) is 20.8 Å². The number of rotatable bonds is 9. The van der Waals surface area contributed by atoms with Crippen molar-refractivity contribution in [2.75, 3.05) is 38.3 Å². The molecule has 0 aromatic heterocycles. The molecule has 2 aliphatic heterocycles. The van der Waals surface area contributed by atoms with E-state index in [0.717, 1.165) is 0 Å². The Balaban J connectivity index is 1.66. The third-order valence-electron chi connectivity index (χ3n) is 5.20. The van der Waals surface area contributed by atoms with Crippen molar-refractivity contribution < 1.29 is 28.5 Å². The van der Waals surface area contributed by atoms with Crippen molar-refractivity contribution in [3.63, 3.8) is 0 Å². The summed E-state index contributed by atoms with van der Waals surface area (Å²) < 4.78 is 22.3. The summed E-state index contributed by atoms with van der Waals surface area (Å²) in [5, 5.41) is 3.15. The Morgan fingerprint density at radius 1 is 1.00 bits per heavy atom. The quantitative estimate of drug-likeness (QED) is 0.583. The molecule has 2 aromatic rings. The second-order valence-electron chi connectivity index (χ2n) is 7.87. The predicted molar refractivity (Wildman–Crippen MR) is 123 cm³/mol. The van der Waals surface area contributed by atoms with Gasteiger partial charge in [0.25, 0.3) is 11.8 Å². The van der Waals surface area contributed by atoms with Crippen LogP contribution in [0.1, 0.15) is 26.3 Å². The molecular formula is C25H28N2O6. The average molecular weight is 453 g/mol. The second-order valence-corrected chi connectivity index (χ2v) is 7.87. The van der Waals surface area contributed by atoms with E-state index in [1.165, 1.54) is 4.90 Å². The van der Waals surface area contributed by atoms with Gasteiger partial charge in [0.15, 0.2) is 11.5 Å². The molecular weight excluding hydrogens is 424 g/mol. The van der Waals surface area contributed by atoms with Gasteiger partial charge in [0.1, 0.15) is 24.7 Å². The number of nitrogens with one attached hydrogen (secondary N) is 1. The maximum absolute atomic E-state index is 13.3. The minimum atomic E-state index is -0.397. The molecule has 8 nitrogen and oxygen atoms in total. The van der Waals surface area contributed by atoms with Crippen molar-refractivity contribution in [3.8, 4) is 17.2 Å². The van der Waals surface area contributed by atoms with E-state index in [2.05, 4.69) is 5.32 Å². The number of benzene rings is 2. The highest BCUT2D eigenvalue weighted by Gasteiger charge is 2.39. The highest BCUT2D eigenvalue weighted by molar-refractivity contribution is 6.36. The first-order valence-electron chi connectivity index (χ1n) is 11.1. The highest BCUT2D eigenvalue weighted by atomic mass is 16.6. The molecule has 0 unspecified atom stereocenters. The number of carbonyl (C=O) groups is 2. The lowest BCUT2D eigenvalue weighted by Gasteiger charge is -2.19. The van der Waals surface area contributed by atoms with Gasteiger partial charge >= 0.3 is 0 Å². The van der Waals surface area contributed by atoms with Gasteiger partial charge in [-0.1, -0.05) is 12.1 Å². The number of hydrogen-bond donors (Lipinski definition) is 1. The zero-order chi connectivity index (χ0) is 23.4. The zero-order valence-corrected chi connectivity index (χ0v) is 19.1. The van der Waals surface area contributed by atoms with E-state index >= 15 is 0 Å². The van der Waals surface area contributed by atoms with Crippen molar-refractivity contribution in [1.82, 2.24) is 4.90 Å². The Hall–Kier alpha value is -3.52. The maximum Gasteiger partial charge on any atom is 0.278 e. The van der Waals surface area contributed by atoms with Gasteiger partial charge in [-0.3, -0.25) is 14.5 Å². The Bertz CT molecular complexity index is 1060. The third kappa shape index (κ3) is 4.96. The van der Waals surface area contributed by atoms with Crippen LogP contribution < -0.4 is 19.5 Å². The van der Waals surface area contributed by atoms with Gasteiger partial charge in [0, 0.05) is 11.8 Å². The maximum atomic E-state index is 13.3. The molecule has 0 saturated carbocycles. The zero-order valence-electron chi connectivity index (χ0n) is 19.1. The SMILES string of the molecule is CCOc1ccc(C2=C(Nc3ccc4c(c3)OCCO4)C(=O)N(CCOC(C)C)C2=O)cc1. The lowest BCUT2D eigenvalue weighted by molar-refractivity contribution is -0.137. The molecule has 0 radical (unpaired) electrons. The summed E-state index contributed by atoms with van der Waals surface area (Å²) in [7, 11) is 0. The molecule has 1 N–H and O–H groups in total. The molecule has 2 heterocycles. The number of carbonyl (C=O) groups excluding carboxylic acids is 2. The Labute approximate surface area is 193 Å². The van der Waals surface area contributed by atoms with Crippen LogP contribution in [0.4, 0.5) is 5.69 Å². The summed E-state index contributed by atoms with van der Waals surface area (Å²) >= 11 is 0. The van der Waals surface area contributed by atoms with E-state index in [4.69, 9.17) is 18.9 Å². The number of amides is 2. The minimum absolute atomic E-state index is 0.00616. The van der Waals surface area contributed by atoms with Crippen LogP contribution in [0, 0.1) is 0 Å². The van der Waals surface area contributed by atoms with Crippen LogP contribution in [0.3, 0.4) is 0 Å². The lowest BCUT2D eigenvalue weighted by atomic mass is 10.0. The number of nitrogens with zero attached hydrogens (tertiary/aromatic N) is 1. The van der Waals surface area contributed by atoms with Gasteiger partial charge in [0.2, 0.25) is 0 Å². The van der Waals surface area contributed by atoms with Crippen LogP contribution in [0.15, 0.2) is 48.2 Å². The molecule has 2 aliphatic rings. The molecule has 4 rings (SSSR count). The highest BCUT2D eigenvalue weighted by Crippen LogP contribution is 2.35. The van der Waals surface area contributed by atoms with E-state index in [1.54, 1.807) is 42.5 Å². The lowest BCUT2D eigenvalue weighted by Crippen LogP contribution is -2.35. The summed E-state index contributed by atoms with van der Waals surface area (Å²) in [6.07, 6.45) is 0.00616. The smallest absolute Gasteiger partial charge is 0.278 e. The largest absolute Gasteiger partial charge is 0.494 e. The molecule has 2 amide bonds. The van der Waals surface area contributed by atoms with Gasteiger partial charge in [-0.05, 0) is 50.6 Å². The first-order valence-corrected chi connectivity index (χ1v) is 11.1. The monoisotopic (exact) mass is 452 g/mol. The van der Waals surface area contributed by atoms with E-state index in [9.17, 15) is 9.59 Å². The first-order chi connectivity index (χ1) is 16.0. The molecule has 0 atom stereocenters. The van der Waals surface area contributed by atoms with Crippen LogP contribution in [-0.4, -0.2) is 55.8 Å². The molecule has 0 bridgehead atoms. The molecule has 0 spiro atoms. The van der Waals surface area contributed by atoms with E-state index in [-0.39, 0.29) is 30.9 Å². The summed E-state index contributed by atoms with van der Waals surface area (Å²) in [6, 6.07) is 12.5. The number of ether oxygens (including phenoxy) is 4. The van der Waals surface area contributed by atoms with Crippen LogP contribution in [0.5, 0.6) is 17.2 Å². The van der Waals surface area contributed by atoms with Gasteiger partial charge in [-0.2, -0.15) is 0 Å². The van der Waals surface area contributed by atoms with Crippen LogP contribution >= 0.6 is 0 Å². The van der Waals surface area contributed by atoms with Crippen LogP contribution in [0.25, 0.3) is 5.57 Å². The molecule has 2 aromatic carbocycles. The standard InChI is InChI=1S/C25H28N2O6/c1-4-30-19-8-5-17(6-9-19)22-23(25(29)27(24(22)28)11-12-31-16(2)3)26-18-7-10-20-21(15-18)33-14-13-32-20/h5-10,15-16,26H,4,11-14H2,1-3H3. The fourth-order valence-electron chi connectivity index (χ4n) is 3.69. The summed E-state index contributed by atoms with van der Waals surface area (Å²) in [5.74, 6) is 1.17. The third-order valence-corrected chi connectivity index (χ3v) is 5.20. The molecule has 33 heavy (non-hydrogen) atoms. The topological polar surface area (TPSA) is 86.3 Å². The Kier molecular flexibility index (Phi) is 6.84. The first kappa shape index (κ1) is 22.7. The van der Waals surface area contributed by atoms with Gasteiger partial charge in [-0.15, -0.1) is 0 Å². The fourth-order valence-corrected chi connectivity index (χ4v) is 3.69. The van der Waals surface area contributed by atoms with Crippen molar-refractivity contribution in [3.05, 3.63) is 53.7 Å². The van der Waals surface area contributed by atoms with Gasteiger partial charge in [0.05, 0.1) is 31.4 Å². The van der Waals surface area contributed by atoms with Crippen molar-refractivity contribution in [2.45, 2.75) is 26.9 Å². The number of fused-ring (bicyclic) bond motifs is 1. The molecule has 0 saturated heterocycles. The summed E-state index contributed by atoms with van der Waals surface area (Å²) in [5.41, 5.74) is 1.77. The predicted octanol–water partition coefficient (Wildman–Crippen LogP) is 3.47. The minimum Gasteiger partial charge on any atom is -0.494 e. The second kappa shape index (κ2) is 9.95. The van der Waals surface area contributed by atoms with Crippen molar-refractivity contribution in [1.29, 1.82) is 0 Å². The molecule has 174 valence electrons. The van der Waals surface area contributed by atoms with Crippen LogP contribution in [0.2, 0.25) is 0 Å². The fraction of sp³-hybridized carbons (Fsp3) is 0.360. The van der Waals surface area contributed by atoms with Gasteiger partial charge in [-0.25, -0.2) is 0 Å². The van der Waals surface area contributed by atoms with E-state index < -0.39 is 5.91 Å². The van der Waals surface area contributed by atoms with Crippen LogP contribution in [-0.2, 0) is 14.3 Å². The molecule has 0 aliphatic carbocycles. The Morgan fingerprint density at radius 3 is 2.42 bits per heavy atom. The van der Waals surface area contributed by atoms with E-state index in [0.29, 0.717) is 53.9 Å². The summed E-state index contributed by atoms with van der Waals surface area (Å²) in [4.78, 5) is 27.8. The summed E-state index contributed by atoms with van der Waals surface area (Å²) in [6.45, 7) is 7.65. The van der Waals surface area contributed by atoms with Gasteiger partial charge < -0.3 is 24.3 Å². The number of imide groups is 1. The number of anilines is 1. The van der Waals surface area contributed by atoms with Crippen molar-refractivity contribution >= 4 is 23.1 Å². The molecule has 0 fully saturated rings. The number of hydrogen-bond acceptors (Lipinski definition) is 7.